The van der Waals surface area contributed by atoms with Crippen molar-refractivity contribution in [1.82, 2.24) is 9.97 Å². The van der Waals surface area contributed by atoms with E-state index >= 15 is 0 Å². The fraction of sp³-hybridized carbons (Fsp3) is 0.100. The zero-order valence-corrected chi connectivity index (χ0v) is 29.5. The second-order valence-corrected chi connectivity index (χ2v) is 12.7. The average Bonchev–Trinajstić information content (AvgIpc) is 3.14. The van der Waals surface area contributed by atoms with E-state index in [-0.39, 0.29) is 11.8 Å². The molecule has 1 aromatic heterocycles. The topological polar surface area (TPSA) is 111 Å². The third kappa shape index (κ3) is 9.84. The molecule has 52 heavy (non-hydrogen) atoms. The number of amides is 4. The molecule has 0 fully saturated rings. The minimum atomic E-state index is -0.443. The molecule has 0 saturated carbocycles. The first kappa shape index (κ1) is 35.8. The smallest absolute Gasteiger partial charge is 0.323 e. The van der Waals surface area contributed by atoms with E-state index in [2.05, 4.69) is 43.4 Å². The molecule has 1 aliphatic heterocycles. The summed E-state index contributed by atoms with van der Waals surface area (Å²) in [4.78, 5) is 34.7. The highest BCUT2D eigenvalue weighted by Gasteiger charge is 2.19. The Kier molecular flexibility index (Phi) is 11.6. The monoisotopic (exact) mass is 733 g/mol. The molecule has 0 bridgehead atoms. The Morgan fingerprint density at radius 1 is 0.673 bits per heavy atom. The number of carbonyl (C=O) groups is 2. The minimum Gasteiger partial charge on any atom is -0.364 e. The summed E-state index contributed by atoms with van der Waals surface area (Å²) >= 11 is 11.7. The van der Waals surface area contributed by atoms with Crippen LogP contribution in [0.4, 0.5) is 42.4 Å². The normalized spacial score (nSPS) is 11.7. The molecule has 0 aliphatic carbocycles. The zero-order chi connectivity index (χ0) is 36.5. The van der Waals surface area contributed by atoms with Crippen molar-refractivity contribution in [2.24, 2.45) is 0 Å². The first-order valence-electron chi connectivity index (χ1n) is 16.4. The lowest BCUT2D eigenvalue weighted by Crippen LogP contribution is -2.31. The van der Waals surface area contributed by atoms with Gasteiger partial charge >= 0.3 is 12.1 Å². The number of nitrogens with zero attached hydrogens (tertiary/aromatic N) is 3. The van der Waals surface area contributed by atoms with E-state index in [0.717, 1.165) is 24.2 Å². The van der Waals surface area contributed by atoms with Gasteiger partial charge in [-0.05, 0) is 109 Å². The molecule has 2 heterocycles. The number of hydrogen-bond donors (Lipinski definition) is 4. The van der Waals surface area contributed by atoms with Crippen LogP contribution in [0.3, 0.4) is 0 Å². The SMILES string of the molecule is Cc1nccc(-c2cccc(NC(=O)Nc3ccc(Cl)cc3)c2)n1.O=C(Nc1ccc(Cl)cc1)Nc1ccc(N2CCc3ccccc3C2)c(F)c1. The number of fused-ring (bicyclic) bond motifs is 1. The highest BCUT2D eigenvalue weighted by atomic mass is 35.5. The van der Waals surface area contributed by atoms with Crippen molar-refractivity contribution < 1.29 is 14.0 Å². The number of carbonyl (C=O) groups excluding carboxylic acids is 2. The van der Waals surface area contributed by atoms with Gasteiger partial charge in [-0.25, -0.2) is 23.9 Å². The van der Waals surface area contributed by atoms with Crippen LogP contribution in [0.15, 0.2) is 128 Å². The molecule has 6 aromatic rings. The van der Waals surface area contributed by atoms with Crippen molar-refractivity contribution in [3.8, 4) is 11.3 Å². The number of anilines is 5. The summed E-state index contributed by atoms with van der Waals surface area (Å²) in [7, 11) is 0. The van der Waals surface area contributed by atoms with Crippen molar-refractivity contribution in [3.05, 3.63) is 160 Å². The Morgan fingerprint density at radius 2 is 1.25 bits per heavy atom. The molecule has 7 rings (SSSR count). The first-order valence-corrected chi connectivity index (χ1v) is 17.1. The standard InChI is InChI=1S/C22H19ClFN3O.C18H15ClN4O/c23-17-5-7-18(8-6-17)25-22(28)26-19-9-10-21(20(24)13-19)27-12-11-15-3-1-2-4-16(15)14-27;1-12-20-10-9-17(21-12)13-3-2-4-16(11-13)23-18(24)22-15-7-5-14(19)6-8-15/h1-10,13H,11-12,14H2,(H2,25,26,28);2-11H,1H3,(H2,22,23,24). The number of benzene rings is 5. The van der Waals surface area contributed by atoms with Crippen LogP contribution in [0.5, 0.6) is 0 Å². The van der Waals surface area contributed by atoms with Gasteiger partial charge in [0.1, 0.15) is 11.6 Å². The van der Waals surface area contributed by atoms with E-state index in [1.54, 1.807) is 66.9 Å². The fourth-order valence-electron chi connectivity index (χ4n) is 5.57. The summed E-state index contributed by atoms with van der Waals surface area (Å²) in [6, 6.07) is 35.2. The van der Waals surface area contributed by atoms with E-state index in [0.29, 0.717) is 50.9 Å². The number of halogens is 3. The van der Waals surface area contributed by atoms with E-state index < -0.39 is 6.03 Å². The van der Waals surface area contributed by atoms with E-state index in [1.165, 1.54) is 17.2 Å². The Hall–Kier alpha value is -5.97. The van der Waals surface area contributed by atoms with Crippen LogP contribution in [-0.4, -0.2) is 28.6 Å². The number of rotatable bonds is 6. The Balaban J connectivity index is 0.000000181. The molecule has 5 aromatic carbocycles. The summed E-state index contributed by atoms with van der Waals surface area (Å²) in [5, 5.41) is 12.1. The molecule has 9 nitrogen and oxygen atoms in total. The quantitative estimate of drug-likeness (QED) is 0.136. The summed E-state index contributed by atoms with van der Waals surface area (Å²) in [6.45, 7) is 3.28. The number of aryl methyl sites for hydroxylation is 1. The first-order chi connectivity index (χ1) is 25.2. The van der Waals surface area contributed by atoms with Crippen LogP contribution in [0.2, 0.25) is 10.0 Å². The molecule has 0 radical (unpaired) electrons. The van der Waals surface area contributed by atoms with Gasteiger partial charge in [-0.15, -0.1) is 0 Å². The zero-order valence-electron chi connectivity index (χ0n) is 28.0. The van der Waals surface area contributed by atoms with Gasteiger partial charge in [0.2, 0.25) is 0 Å². The predicted molar refractivity (Wildman–Crippen MR) is 208 cm³/mol. The summed E-state index contributed by atoms with van der Waals surface area (Å²) in [5.41, 5.74) is 7.13. The van der Waals surface area contributed by atoms with Gasteiger partial charge in [0.25, 0.3) is 0 Å². The van der Waals surface area contributed by atoms with Crippen LogP contribution in [0.25, 0.3) is 11.3 Å². The molecule has 12 heteroatoms. The Labute approximate surface area is 310 Å². The van der Waals surface area contributed by atoms with Crippen LogP contribution in [-0.2, 0) is 13.0 Å². The summed E-state index contributed by atoms with van der Waals surface area (Å²) in [6.07, 6.45) is 2.60. The van der Waals surface area contributed by atoms with Gasteiger partial charge in [-0.3, -0.25) is 0 Å². The van der Waals surface area contributed by atoms with Gasteiger partial charge < -0.3 is 26.2 Å². The molecule has 0 spiro atoms. The van der Waals surface area contributed by atoms with E-state index in [1.807, 2.05) is 54.3 Å². The third-order valence-corrected chi connectivity index (χ3v) is 8.58. The third-order valence-electron chi connectivity index (χ3n) is 8.07. The lowest BCUT2D eigenvalue weighted by molar-refractivity contribution is 0.261. The van der Waals surface area contributed by atoms with E-state index in [9.17, 15) is 14.0 Å². The largest absolute Gasteiger partial charge is 0.364 e. The maximum Gasteiger partial charge on any atom is 0.323 e. The lowest BCUT2D eigenvalue weighted by Gasteiger charge is -2.31. The van der Waals surface area contributed by atoms with Crippen molar-refractivity contribution >= 4 is 63.7 Å². The molecule has 262 valence electrons. The predicted octanol–water partition coefficient (Wildman–Crippen LogP) is 10.4. The average molecular weight is 735 g/mol. The highest BCUT2D eigenvalue weighted by molar-refractivity contribution is 6.31. The molecule has 0 unspecified atom stereocenters. The van der Waals surface area contributed by atoms with Gasteiger partial charge in [0.15, 0.2) is 0 Å². The van der Waals surface area contributed by atoms with Gasteiger partial charge in [0.05, 0.1) is 11.4 Å². The van der Waals surface area contributed by atoms with Gasteiger partial charge in [0, 0.05) is 57.6 Å². The molecular formula is C40H34Cl2FN7O2. The maximum absolute atomic E-state index is 14.7. The fourth-order valence-corrected chi connectivity index (χ4v) is 5.82. The van der Waals surface area contributed by atoms with Gasteiger partial charge in [-0.1, -0.05) is 59.6 Å². The van der Waals surface area contributed by atoms with Crippen LogP contribution in [0, 0.1) is 12.7 Å². The molecule has 4 amide bonds. The lowest BCUT2D eigenvalue weighted by atomic mass is 9.99. The maximum atomic E-state index is 14.7. The summed E-state index contributed by atoms with van der Waals surface area (Å²) in [5.74, 6) is 0.343. The highest BCUT2D eigenvalue weighted by Crippen LogP contribution is 2.29. The second kappa shape index (κ2) is 16.8. The van der Waals surface area contributed by atoms with Gasteiger partial charge in [-0.2, -0.15) is 0 Å². The molecule has 4 N–H and O–H groups in total. The van der Waals surface area contributed by atoms with Crippen LogP contribution in [0.1, 0.15) is 17.0 Å². The molecule has 0 saturated heterocycles. The summed E-state index contributed by atoms with van der Waals surface area (Å²) < 4.78 is 14.7. The molecule has 0 atom stereocenters. The molecule has 1 aliphatic rings. The van der Waals surface area contributed by atoms with Crippen molar-refractivity contribution in [2.45, 2.75) is 19.9 Å². The van der Waals surface area contributed by atoms with Crippen molar-refractivity contribution in [1.29, 1.82) is 0 Å². The number of urea groups is 2. The van der Waals surface area contributed by atoms with Crippen molar-refractivity contribution in [3.63, 3.8) is 0 Å². The number of aromatic nitrogens is 2. The van der Waals surface area contributed by atoms with Crippen LogP contribution >= 0.6 is 23.2 Å². The second-order valence-electron chi connectivity index (χ2n) is 11.8. The Morgan fingerprint density at radius 3 is 1.87 bits per heavy atom. The number of hydrogen-bond acceptors (Lipinski definition) is 5. The Bertz CT molecular complexity index is 2180. The van der Waals surface area contributed by atoms with Crippen molar-refractivity contribution in [2.75, 3.05) is 32.7 Å². The molecular weight excluding hydrogens is 700 g/mol. The van der Waals surface area contributed by atoms with E-state index in [4.69, 9.17) is 23.2 Å². The van der Waals surface area contributed by atoms with Crippen LogP contribution < -0.4 is 26.2 Å². The number of nitrogens with one attached hydrogen (secondary N) is 4. The minimum absolute atomic E-state index is 0.326.